The molecule has 0 aliphatic carbocycles. The highest BCUT2D eigenvalue weighted by atomic mass is 16.1. The van der Waals surface area contributed by atoms with Crippen LogP contribution in [0.2, 0.25) is 0 Å². The number of carbonyl (C=O) groups excluding carboxylic acids is 1. The van der Waals surface area contributed by atoms with E-state index in [2.05, 4.69) is 29.3 Å². The lowest BCUT2D eigenvalue weighted by Gasteiger charge is -2.41. The summed E-state index contributed by atoms with van der Waals surface area (Å²) in [4.78, 5) is 14.8. The van der Waals surface area contributed by atoms with Gasteiger partial charge in [0.15, 0.2) is 0 Å². The second-order valence-corrected chi connectivity index (χ2v) is 6.91. The SMILES string of the molecule is CCCC1(CCN2CCCCC2)CNC(=O)c2ccccc21. The number of nitrogens with zero attached hydrogens (tertiary/aromatic N) is 1. The summed E-state index contributed by atoms with van der Waals surface area (Å²) in [6.45, 7) is 6.70. The molecule has 2 aliphatic heterocycles. The highest BCUT2D eigenvalue weighted by Crippen LogP contribution is 2.37. The Morgan fingerprint density at radius 2 is 1.91 bits per heavy atom. The molecular formula is C19H28N2O. The van der Waals surface area contributed by atoms with Gasteiger partial charge in [-0.3, -0.25) is 4.79 Å². The number of fused-ring (bicyclic) bond motifs is 1. The van der Waals surface area contributed by atoms with Crippen molar-refractivity contribution < 1.29 is 4.79 Å². The molecule has 1 amide bonds. The predicted molar refractivity (Wildman–Crippen MR) is 90.3 cm³/mol. The molecule has 1 atom stereocenters. The minimum Gasteiger partial charge on any atom is -0.351 e. The Hall–Kier alpha value is -1.35. The molecule has 0 bridgehead atoms. The molecule has 1 aromatic rings. The van der Waals surface area contributed by atoms with E-state index in [1.807, 2.05) is 12.1 Å². The van der Waals surface area contributed by atoms with Crippen molar-refractivity contribution in [2.75, 3.05) is 26.2 Å². The van der Waals surface area contributed by atoms with Crippen LogP contribution in [-0.4, -0.2) is 37.0 Å². The summed E-state index contributed by atoms with van der Waals surface area (Å²) in [6, 6.07) is 8.23. The second kappa shape index (κ2) is 6.82. The van der Waals surface area contributed by atoms with Crippen LogP contribution in [0, 0.1) is 0 Å². The monoisotopic (exact) mass is 300 g/mol. The number of likely N-dealkylation sites (tertiary alicyclic amines) is 1. The van der Waals surface area contributed by atoms with E-state index >= 15 is 0 Å². The summed E-state index contributed by atoms with van der Waals surface area (Å²) in [7, 11) is 0. The van der Waals surface area contributed by atoms with Crippen molar-refractivity contribution >= 4 is 5.91 Å². The fraction of sp³-hybridized carbons (Fsp3) is 0.632. The Kier molecular flexibility index (Phi) is 4.82. The van der Waals surface area contributed by atoms with E-state index in [4.69, 9.17) is 0 Å². The highest BCUT2D eigenvalue weighted by Gasteiger charge is 2.38. The average Bonchev–Trinajstić information content (AvgIpc) is 2.58. The third kappa shape index (κ3) is 3.05. The number of piperidine rings is 1. The number of hydrogen-bond donors (Lipinski definition) is 1. The number of amides is 1. The summed E-state index contributed by atoms with van der Waals surface area (Å²) < 4.78 is 0. The molecule has 1 N–H and O–H groups in total. The van der Waals surface area contributed by atoms with Gasteiger partial charge in [-0.25, -0.2) is 0 Å². The second-order valence-electron chi connectivity index (χ2n) is 6.91. The van der Waals surface area contributed by atoms with Crippen molar-refractivity contribution in [3.63, 3.8) is 0 Å². The maximum absolute atomic E-state index is 12.2. The molecule has 0 saturated carbocycles. The normalized spacial score (nSPS) is 25.6. The molecule has 1 fully saturated rings. The molecular weight excluding hydrogens is 272 g/mol. The van der Waals surface area contributed by atoms with E-state index in [0.29, 0.717) is 0 Å². The Morgan fingerprint density at radius 3 is 2.68 bits per heavy atom. The molecule has 1 saturated heterocycles. The summed E-state index contributed by atoms with van der Waals surface area (Å²) in [5, 5.41) is 3.14. The van der Waals surface area contributed by atoms with Gasteiger partial charge in [0.05, 0.1) is 0 Å². The molecule has 0 aromatic heterocycles. The lowest BCUT2D eigenvalue weighted by molar-refractivity contribution is 0.0912. The molecule has 2 aliphatic rings. The fourth-order valence-corrected chi connectivity index (χ4v) is 4.19. The van der Waals surface area contributed by atoms with Gasteiger partial charge in [0.2, 0.25) is 0 Å². The largest absolute Gasteiger partial charge is 0.351 e. The van der Waals surface area contributed by atoms with Crippen molar-refractivity contribution in [1.82, 2.24) is 10.2 Å². The molecule has 1 aromatic carbocycles. The van der Waals surface area contributed by atoms with Gasteiger partial charge in [-0.15, -0.1) is 0 Å². The van der Waals surface area contributed by atoms with Crippen molar-refractivity contribution in [1.29, 1.82) is 0 Å². The zero-order valence-electron chi connectivity index (χ0n) is 13.7. The number of rotatable bonds is 5. The van der Waals surface area contributed by atoms with Gasteiger partial charge in [0.1, 0.15) is 0 Å². The molecule has 3 rings (SSSR count). The molecule has 0 radical (unpaired) electrons. The molecule has 120 valence electrons. The lowest BCUT2D eigenvalue weighted by atomic mass is 9.70. The van der Waals surface area contributed by atoms with E-state index in [-0.39, 0.29) is 11.3 Å². The Morgan fingerprint density at radius 1 is 1.14 bits per heavy atom. The smallest absolute Gasteiger partial charge is 0.251 e. The van der Waals surface area contributed by atoms with E-state index in [1.165, 1.54) is 37.9 Å². The van der Waals surface area contributed by atoms with Gasteiger partial charge in [-0.05, 0) is 56.9 Å². The first-order chi connectivity index (χ1) is 10.7. The molecule has 0 spiro atoms. The maximum Gasteiger partial charge on any atom is 0.251 e. The van der Waals surface area contributed by atoms with Crippen molar-refractivity contribution in [3.05, 3.63) is 35.4 Å². The maximum atomic E-state index is 12.2. The zero-order valence-corrected chi connectivity index (χ0v) is 13.7. The summed E-state index contributed by atoms with van der Waals surface area (Å²) >= 11 is 0. The van der Waals surface area contributed by atoms with Crippen molar-refractivity contribution in [2.24, 2.45) is 0 Å². The third-order valence-electron chi connectivity index (χ3n) is 5.41. The third-order valence-corrected chi connectivity index (χ3v) is 5.41. The van der Waals surface area contributed by atoms with Gasteiger partial charge in [-0.2, -0.15) is 0 Å². The number of nitrogens with one attached hydrogen (secondary N) is 1. The van der Waals surface area contributed by atoms with Gasteiger partial charge in [0, 0.05) is 17.5 Å². The van der Waals surface area contributed by atoms with E-state index < -0.39 is 0 Å². The van der Waals surface area contributed by atoms with Crippen LogP contribution < -0.4 is 5.32 Å². The van der Waals surface area contributed by atoms with E-state index in [0.717, 1.165) is 37.9 Å². The molecule has 1 unspecified atom stereocenters. The van der Waals surface area contributed by atoms with Crippen LogP contribution in [0.3, 0.4) is 0 Å². The highest BCUT2D eigenvalue weighted by molar-refractivity contribution is 5.97. The van der Waals surface area contributed by atoms with Crippen molar-refractivity contribution in [2.45, 2.75) is 50.9 Å². The van der Waals surface area contributed by atoms with Crippen LogP contribution in [0.1, 0.15) is 61.4 Å². The van der Waals surface area contributed by atoms with Crippen molar-refractivity contribution in [3.8, 4) is 0 Å². The summed E-state index contributed by atoms with van der Waals surface area (Å²) in [5.41, 5.74) is 2.29. The molecule has 2 heterocycles. The minimum atomic E-state index is 0.0975. The summed E-state index contributed by atoms with van der Waals surface area (Å²) in [6.07, 6.45) is 7.53. The summed E-state index contributed by atoms with van der Waals surface area (Å²) in [5.74, 6) is 0.0975. The van der Waals surface area contributed by atoms with Gasteiger partial charge >= 0.3 is 0 Å². The van der Waals surface area contributed by atoms with Crippen LogP contribution in [0.15, 0.2) is 24.3 Å². The first-order valence-corrected chi connectivity index (χ1v) is 8.85. The Balaban J connectivity index is 1.82. The topological polar surface area (TPSA) is 32.3 Å². The first-order valence-electron chi connectivity index (χ1n) is 8.85. The van der Waals surface area contributed by atoms with Crippen LogP contribution in [0.4, 0.5) is 0 Å². The zero-order chi connectivity index (χ0) is 15.4. The quantitative estimate of drug-likeness (QED) is 0.904. The van der Waals surface area contributed by atoms with Gasteiger partial charge in [0.25, 0.3) is 5.91 Å². The Labute approximate surface area is 134 Å². The first kappa shape index (κ1) is 15.5. The van der Waals surface area contributed by atoms with E-state index in [1.54, 1.807) is 0 Å². The number of benzene rings is 1. The van der Waals surface area contributed by atoms with E-state index in [9.17, 15) is 4.79 Å². The lowest BCUT2D eigenvalue weighted by Crippen LogP contribution is -2.48. The molecule has 3 heteroatoms. The van der Waals surface area contributed by atoms with Crippen LogP contribution in [-0.2, 0) is 5.41 Å². The Bertz CT molecular complexity index is 522. The van der Waals surface area contributed by atoms with Gasteiger partial charge < -0.3 is 10.2 Å². The standard InChI is InChI=1S/C19H28N2O/c1-2-10-19(11-14-21-12-6-3-7-13-21)15-20-18(22)16-8-4-5-9-17(16)19/h4-5,8-9H,2-3,6-7,10-15H2,1H3,(H,20,22). The number of carbonyl (C=O) groups is 1. The molecule has 3 nitrogen and oxygen atoms in total. The fourth-order valence-electron chi connectivity index (χ4n) is 4.19. The van der Waals surface area contributed by atoms with Gasteiger partial charge in [-0.1, -0.05) is 38.0 Å². The molecule has 22 heavy (non-hydrogen) atoms. The number of hydrogen-bond acceptors (Lipinski definition) is 2. The van der Waals surface area contributed by atoms with Crippen LogP contribution in [0.5, 0.6) is 0 Å². The minimum absolute atomic E-state index is 0.0975. The van der Waals surface area contributed by atoms with Crippen LogP contribution >= 0.6 is 0 Å². The average molecular weight is 300 g/mol. The van der Waals surface area contributed by atoms with Crippen LogP contribution in [0.25, 0.3) is 0 Å². The predicted octanol–water partition coefficient (Wildman–Crippen LogP) is 3.34.